The normalized spacial score (nSPS) is 21.5. The van der Waals surface area contributed by atoms with Gasteiger partial charge in [-0.2, -0.15) is 10.2 Å². The van der Waals surface area contributed by atoms with Crippen molar-refractivity contribution >= 4 is 22.7 Å². The van der Waals surface area contributed by atoms with Gasteiger partial charge in [-0.25, -0.2) is 4.79 Å². The van der Waals surface area contributed by atoms with Crippen LogP contribution in [0.3, 0.4) is 0 Å². The zero-order valence-corrected chi connectivity index (χ0v) is 15.6. The van der Waals surface area contributed by atoms with E-state index < -0.39 is 5.60 Å². The Morgan fingerprint density at radius 1 is 1.16 bits per heavy atom. The topological polar surface area (TPSA) is 58.6 Å². The second-order valence-corrected chi connectivity index (χ2v) is 7.73. The fourth-order valence-corrected chi connectivity index (χ4v) is 3.47. The number of carbonyl (C=O) groups is 1. The molecular formula is C19H26N4O2. The van der Waals surface area contributed by atoms with Crippen molar-refractivity contribution in [2.45, 2.75) is 52.3 Å². The molecule has 6 heteroatoms. The van der Waals surface area contributed by atoms with Gasteiger partial charge in [-0.3, -0.25) is 4.90 Å². The summed E-state index contributed by atoms with van der Waals surface area (Å²) in [6, 6.07) is 8.18. The molecule has 2 aromatic rings. The Labute approximate surface area is 148 Å². The lowest BCUT2D eigenvalue weighted by Gasteiger charge is -2.45. The summed E-state index contributed by atoms with van der Waals surface area (Å²) >= 11 is 0. The molecule has 134 valence electrons. The summed E-state index contributed by atoms with van der Waals surface area (Å²) in [6.07, 6.45) is 1.48. The van der Waals surface area contributed by atoms with Crippen LogP contribution in [0.25, 0.3) is 10.9 Å². The Morgan fingerprint density at radius 3 is 2.48 bits per heavy atom. The van der Waals surface area contributed by atoms with Crippen LogP contribution in [-0.2, 0) is 4.74 Å². The number of ether oxygens (including phenoxy) is 1. The molecule has 1 aliphatic heterocycles. The van der Waals surface area contributed by atoms with E-state index in [1.54, 1.807) is 6.20 Å². The van der Waals surface area contributed by atoms with Crippen LogP contribution in [0.1, 0.15) is 34.6 Å². The molecule has 0 N–H and O–H groups in total. The molecule has 1 fully saturated rings. The first-order valence-electron chi connectivity index (χ1n) is 8.73. The maximum absolute atomic E-state index is 12.6. The molecule has 1 saturated heterocycles. The molecule has 6 nitrogen and oxygen atoms in total. The number of hydrogen-bond acceptors (Lipinski definition) is 5. The van der Waals surface area contributed by atoms with E-state index in [1.165, 1.54) is 0 Å². The number of rotatable bonds is 1. The van der Waals surface area contributed by atoms with Crippen LogP contribution in [0, 0.1) is 0 Å². The van der Waals surface area contributed by atoms with E-state index in [1.807, 2.05) is 43.9 Å². The van der Waals surface area contributed by atoms with Gasteiger partial charge in [-0.1, -0.05) is 6.07 Å². The van der Waals surface area contributed by atoms with Crippen molar-refractivity contribution in [3.63, 3.8) is 0 Å². The molecule has 2 heterocycles. The summed E-state index contributed by atoms with van der Waals surface area (Å²) in [5.74, 6) is 0. The van der Waals surface area contributed by atoms with Gasteiger partial charge in [0.05, 0.1) is 23.8 Å². The molecule has 2 atom stereocenters. The maximum Gasteiger partial charge on any atom is 0.410 e. The molecule has 1 aliphatic rings. The summed E-state index contributed by atoms with van der Waals surface area (Å²) in [4.78, 5) is 16.7. The fourth-order valence-electron chi connectivity index (χ4n) is 3.47. The third kappa shape index (κ3) is 3.67. The number of nitrogens with zero attached hydrogens (tertiary/aromatic N) is 4. The van der Waals surface area contributed by atoms with E-state index >= 15 is 0 Å². The summed E-state index contributed by atoms with van der Waals surface area (Å²) in [7, 11) is 0. The van der Waals surface area contributed by atoms with E-state index in [4.69, 9.17) is 4.74 Å². The Morgan fingerprint density at radius 2 is 1.84 bits per heavy atom. The van der Waals surface area contributed by atoms with Gasteiger partial charge >= 0.3 is 6.09 Å². The average Bonchev–Trinajstić information content (AvgIpc) is 2.52. The number of benzene rings is 1. The molecule has 1 amide bonds. The standard InChI is InChI=1S/C19H26N4O2/c1-13-11-22(12-14(2)23(13)18(24)25-19(3,4)5)17-8-6-7-16-15(17)9-10-20-21-16/h6-10,13-14H,11-12H2,1-5H3/t13-,14+. The molecule has 0 spiro atoms. The lowest BCUT2D eigenvalue weighted by atomic mass is 10.1. The largest absolute Gasteiger partial charge is 0.444 e. The molecule has 1 aromatic carbocycles. The molecular weight excluding hydrogens is 316 g/mol. The van der Waals surface area contributed by atoms with Gasteiger partial charge in [0, 0.05) is 24.2 Å². The number of carbonyl (C=O) groups excluding carboxylic acids is 1. The van der Waals surface area contributed by atoms with E-state index in [-0.39, 0.29) is 18.2 Å². The van der Waals surface area contributed by atoms with Gasteiger partial charge in [0.1, 0.15) is 5.60 Å². The van der Waals surface area contributed by atoms with E-state index in [9.17, 15) is 4.79 Å². The van der Waals surface area contributed by atoms with Gasteiger partial charge in [-0.05, 0) is 52.8 Å². The molecule has 0 unspecified atom stereocenters. The fraction of sp³-hybridized carbons (Fsp3) is 0.526. The highest BCUT2D eigenvalue weighted by Gasteiger charge is 2.35. The molecule has 0 radical (unpaired) electrons. The third-order valence-electron chi connectivity index (χ3n) is 4.40. The second-order valence-electron chi connectivity index (χ2n) is 7.73. The molecule has 0 bridgehead atoms. The van der Waals surface area contributed by atoms with Crippen molar-refractivity contribution in [1.29, 1.82) is 0 Å². The van der Waals surface area contributed by atoms with Crippen LogP contribution >= 0.6 is 0 Å². The van der Waals surface area contributed by atoms with Crippen molar-refractivity contribution in [3.05, 3.63) is 30.5 Å². The van der Waals surface area contributed by atoms with Gasteiger partial charge in [0.2, 0.25) is 0 Å². The molecule has 25 heavy (non-hydrogen) atoms. The number of amides is 1. The van der Waals surface area contributed by atoms with Crippen LogP contribution < -0.4 is 4.90 Å². The quantitative estimate of drug-likeness (QED) is 0.794. The van der Waals surface area contributed by atoms with Crippen molar-refractivity contribution in [2.24, 2.45) is 0 Å². The summed E-state index contributed by atoms with van der Waals surface area (Å²) < 4.78 is 5.58. The van der Waals surface area contributed by atoms with Gasteiger partial charge < -0.3 is 9.64 Å². The highest BCUT2D eigenvalue weighted by molar-refractivity contribution is 5.91. The minimum atomic E-state index is -0.484. The molecule has 0 saturated carbocycles. The van der Waals surface area contributed by atoms with Crippen LogP contribution in [0.5, 0.6) is 0 Å². The van der Waals surface area contributed by atoms with Gasteiger partial charge in [0.25, 0.3) is 0 Å². The Hall–Kier alpha value is -2.37. The van der Waals surface area contributed by atoms with Crippen LogP contribution in [0.4, 0.5) is 10.5 Å². The minimum Gasteiger partial charge on any atom is -0.444 e. The monoisotopic (exact) mass is 342 g/mol. The summed E-state index contributed by atoms with van der Waals surface area (Å²) in [5.41, 5.74) is 1.53. The van der Waals surface area contributed by atoms with Crippen LogP contribution in [0.2, 0.25) is 0 Å². The van der Waals surface area contributed by atoms with Crippen molar-refractivity contribution in [1.82, 2.24) is 15.1 Å². The first-order chi connectivity index (χ1) is 11.8. The lowest BCUT2D eigenvalue weighted by Crippen LogP contribution is -2.59. The average molecular weight is 342 g/mol. The molecule has 1 aromatic heterocycles. The second kappa shape index (κ2) is 6.50. The minimum absolute atomic E-state index is 0.0589. The van der Waals surface area contributed by atoms with E-state index in [2.05, 4.69) is 35.0 Å². The van der Waals surface area contributed by atoms with E-state index in [0.29, 0.717) is 0 Å². The summed E-state index contributed by atoms with van der Waals surface area (Å²) in [5, 5.41) is 9.24. The molecule has 0 aliphatic carbocycles. The Bertz CT molecular complexity index is 754. The lowest BCUT2D eigenvalue weighted by molar-refractivity contribution is 0.00568. The SMILES string of the molecule is C[C@@H]1CN(c2cccc3nnccc23)C[C@H](C)N1C(=O)OC(C)(C)C. The molecule has 3 rings (SSSR count). The number of fused-ring (bicyclic) bond motifs is 1. The van der Waals surface area contributed by atoms with Crippen molar-refractivity contribution in [2.75, 3.05) is 18.0 Å². The third-order valence-corrected chi connectivity index (χ3v) is 4.40. The maximum atomic E-state index is 12.6. The number of piperazine rings is 1. The number of hydrogen-bond donors (Lipinski definition) is 0. The number of aromatic nitrogens is 2. The first kappa shape index (κ1) is 17.5. The van der Waals surface area contributed by atoms with Crippen LogP contribution in [0.15, 0.2) is 30.5 Å². The number of anilines is 1. The van der Waals surface area contributed by atoms with Crippen molar-refractivity contribution in [3.8, 4) is 0 Å². The van der Waals surface area contributed by atoms with Gasteiger partial charge in [0.15, 0.2) is 0 Å². The Kier molecular flexibility index (Phi) is 4.54. The first-order valence-corrected chi connectivity index (χ1v) is 8.73. The predicted octanol–water partition coefficient (Wildman–Crippen LogP) is 3.46. The zero-order chi connectivity index (χ0) is 18.2. The van der Waals surface area contributed by atoms with Gasteiger partial charge in [-0.15, -0.1) is 0 Å². The highest BCUT2D eigenvalue weighted by atomic mass is 16.6. The van der Waals surface area contributed by atoms with E-state index in [0.717, 1.165) is 29.7 Å². The smallest absolute Gasteiger partial charge is 0.410 e. The van der Waals surface area contributed by atoms with Crippen molar-refractivity contribution < 1.29 is 9.53 Å². The summed E-state index contributed by atoms with van der Waals surface area (Å²) in [6.45, 7) is 11.3. The zero-order valence-electron chi connectivity index (χ0n) is 15.6. The predicted molar refractivity (Wildman–Crippen MR) is 98.7 cm³/mol. The van der Waals surface area contributed by atoms with Crippen LogP contribution in [-0.4, -0.2) is 52.0 Å². The Balaban J connectivity index is 1.83. The highest BCUT2D eigenvalue weighted by Crippen LogP contribution is 2.29.